The molecular weight excluding hydrogens is 457 g/mol. The molecule has 11 heteroatoms. The first-order chi connectivity index (χ1) is 15.1. The van der Waals surface area contributed by atoms with Crippen molar-refractivity contribution in [2.45, 2.75) is 32.9 Å². The molecule has 1 aromatic carbocycles. The molecule has 0 fully saturated rings. The number of nitrogens with one attached hydrogen (secondary N) is 1. The second kappa shape index (κ2) is 9.97. The number of halogens is 2. The molecule has 9 nitrogen and oxygen atoms in total. The maximum atomic E-state index is 12.9. The predicted octanol–water partition coefficient (Wildman–Crippen LogP) is 2.64. The van der Waals surface area contributed by atoms with Crippen LogP contribution in [0.25, 0.3) is 11.2 Å². The maximum Gasteiger partial charge on any atom is 0.332 e. The molecule has 0 saturated heterocycles. The Kier molecular flexibility index (Phi) is 7.53. The zero-order chi connectivity index (χ0) is 23.6. The number of aliphatic hydroxyl groups is 1. The standard InChI is InChI=1S/C21H27Cl2N5O4/c1-12(2)7-8-24-20-25-18-17(19(30)27(4)21(31)26(18)3)28(20)10-14(29)11-32-16-6-5-13(22)9-15(16)23/h5-6,9,12,14,29H,7-8,10-11H2,1-4H3,(H,24,25)/t14-/m1/s1. The number of benzene rings is 1. The van der Waals surface area contributed by atoms with Crippen molar-refractivity contribution in [3.8, 4) is 5.75 Å². The van der Waals surface area contributed by atoms with Gasteiger partial charge in [-0.25, -0.2) is 4.79 Å². The average Bonchev–Trinajstić information content (AvgIpc) is 3.08. The van der Waals surface area contributed by atoms with Crippen molar-refractivity contribution in [2.24, 2.45) is 20.0 Å². The lowest BCUT2D eigenvalue weighted by molar-refractivity contribution is 0.0938. The normalized spacial score (nSPS) is 12.5. The summed E-state index contributed by atoms with van der Waals surface area (Å²) in [5.41, 5.74) is -0.479. The molecule has 0 unspecified atom stereocenters. The first kappa shape index (κ1) is 24.2. The van der Waals surface area contributed by atoms with Crippen LogP contribution >= 0.6 is 23.2 Å². The fourth-order valence-corrected chi connectivity index (χ4v) is 3.74. The van der Waals surface area contributed by atoms with Crippen molar-refractivity contribution in [2.75, 3.05) is 18.5 Å². The third kappa shape index (κ3) is 5.11. The molecule has 0 aliphatic rings. The Balaban J connectivity index is 1.91. The zero-order valence-electron chi connectivity index (χ0n) is 18.4. The molecule has 2 aromatic heterocycles. The highest BCUT2D eigenvalue weighted by Crippen LogP contribution is 2.27. The van der Waals surface area contributed by atoms with Crippen molar-refractivity contribution in [1.82, 2.24) is 18.7 Å². The Labute approximate surface area is 195 Å². The van der Waals surface area contributed by atoms with Crippen LogP contribution in [0, 0.1) is 5.92 Å². The average molecular weight is 484 g/mol. The lowest BCUT2D eigenvalue weighted by Gasteiger charge is -2.17. The molecule has 174 valence electrons. The molecule has 2 heterocycles. The molecule has 0 aliphatic heterocycles. The topological polar surface area (TPSA) is 103 Å². The van der Waals surface area contributed by atoms with Gasteiger partial charge in [-0.2, -0.15) is 4.98 Å². The van der Waals surface area contributed by atoms with Crippen LogP contribution in [-0.2, 0) is 20.6 Å². The molecule has 0 spiro atoms. The Hall–Kier alpha value is -2.49. The molecule has 32 heavy (non-hydrogen) atoms. The van der Waals surface area contributed by atoms with Gasteiger partial charge >= 0.3 is 5.69 Å². The number of fused-ring (bicyclic) bond motifs is 1. The van der Waals surface area contributed by atoms with Crippen LogP contribution in [-0.4, -0.2) is 43.0 Å². The fourth-order valence-electron chi connectivity index (χ4n) is 3.27. The second-order valence-corrected chi connectivity index (χ2v) is 8.92. The van der Waals surface area contributed by atoms with Crippen LogP contribution in [0.4, 0.5) is 5.95 Å². The van der Waals surface area contributed by atoms with Crippen LogP contribution in [0.1, 0.15) is 20.3 Å². The molecule has 1 atom stereocenters. The van der Waals surface area contributed by atoms with Crippen molar-refractivity contribution in [3.63, 3.8) is 0 Å². The quantitative estimate of drug-likeness (QED) is 0.484. The molecule has 0 bridgehead atoms. The third-order valence-corrected chi connectivity index (χ3v) is 5.60. The molecule has 3 aromatic rings. The van der Waals surface area contributed by atoms with Gasteiger partial charge in [-0.3, -0.25) is 13.9 Å². The SMILES string of the molecule is CC(C)CCNc1nc2c(c(=O)n(C)c(=O)n2C)n1C[C@@H](O)COc1ccc(Cl)cc1Cl. The number of ether oxygens (including phenoxy) is 1. The number of aromatic nitrogens is 4. The minimum absolute atomic E-state index is 0.0269. The number of hydrogen-bond donors (Lipinski definition) is 2. The highest BCUT2D eigenvalue weighted by molar-refractivity contribution is 6.35. The summed E-state index contributed by atoms with van der Waals surface area (Å²) >= 11 is 12.0. The first-order valence-electron chi connectivity index (χ1n) is 10.3. The number of hydrogen-bond acceptors (Lipinski definition) is 6. The van der Waals surface area contributed by atoms with Crippen LogP contribution in [0.3, 0.4) is 0 Å². The Morgan fingerprint density at radius 3 is 2.56 bits per heavy atom. The van der Waals surface area contributed by atoms with Gasteiger partial charge in [0.15, 0.2) is 11.2 Å². The number of anilines is 1. The summed E-state index contributed by atoms with van der Waals surface area (Å²) in [6.45, 7) is 4.79. The van der Waals surface area contributed by atoms with E-state index in [2.05, 4.69) is 24.1 Å². The van der Waals surface area contributed by atoms with Crippen molar-refractivity contribution in [1.29, 1.82) is 0 Å². The molecule has 2 N–H and O–H groups in total. The Morgan fingerprint density at radius 2 is 1.91 bits per heavy atom. The number of rotatable bonds is 9. The molecule has 0 radical (unpaired) electrons. The van der Waals surface area contributed by atoms with E-state index in [4.69, 9.17) is 27.9 Å². The van der Waals surface area contributed by atoms with Crippen LogP contribution in [0.5, 0.6) is 5.75 Å². The van der Waals surface area contributed by atoms with Gasteiger partial charge in [-0.15, -0.1) is 0 Å². The van der Waals surface area contributed by atoms with E-state index in [1.807, 2.05) is 0 Å². The van der Waals surface area contributed by atoms with E-state index in [1.165, 1.54) is 11.6 Å². The predicted molar refractivity (Wildman–Crippen MR) is 126 cm³/mol. The lowest BCUT2D eigenvalue weighted by Crippen LogP contribution is -2.38. The summed E-state index contributed by atoms with van der Waals surface area (Å²) in [5.74, 6) is 1.27. The minimum Gasteiger partial charge on any atom is -0.489 e. The van der Waals surface area contributed by atoms with Gasteiger partial charge in [0.05, 0.1) is 11.6 Å². The van der Waals surface area contributed by atoms with E-state index < -0.39 is 17.4 Å². The van der Waals surface area contributed by atoms with E-state index in [0.717, 1.165) is 11.0 Å². The Morgan fingerprint density at radius 1 is 1.19 bits per heavy atom. The number of imidazole rings is 1. The van der Waals surface area contributed by atoms with E-state index in [0.29, 0.717) is 34.2 Å². The summed E-state index contributed by atoms with van der Waals surface area (Å²) in [4.78, 5) is 29.7. The largest absolute Gasteiger partial charge is 0.489 e. The molecule has 0 saturated carbocycles. The molecule has 3 rings (SSSR count). The van der Waals surface area contributed by atoms with Crippen molar-refractivity contribution >= 4 is 40.3 Å². The van der Waals surface area contributed by atoms with Gasteiger partial charge in [0.25, 0.3) is 5.56 Å². The van der Waals surface area contributed by atoms with Crippen molar-refractivity contribution in [3.05, 3.63) is 49.1 Å². The summed E-state index contributed by atoms with van der Waals surface area (Å²) < 4.78 is 9.56. The third-order valence-electron chi connectivity index (χ3n) is 5.07. The van der Waals surface area contributed by atoms with E-state index >= 15 is 0 Å². The minimum atomic E-state index is -0.980. The lowest BCUT2D eigenvalue weighted by atomic mass is 10.1. The van der Waals surface area contributed by atoms with Crippen LogP contribution in [0.2, 0.25) is 10.0 Å². The zero-order valence-corrected chi connectivity index (χ0v) is 19.9. The number of nitrogens with zero attached hydrogens (tertiary/aromatic N) is 4. The highest BCUT2D eigenvalue weighted by Gasteiger charge is 2.21. The van der Waals surface area contributed by atoms with Gasteiger partial charge in [0, 0.05) is 25.7 Å². The van der Waals surface area contributed by atoms with E-state index in [1.54, 1.807) is 29.8 Å². The summed E-state index contributed by atoms with van der Waals surface area (Å²) in [6, 6.07) is 4.81. The van der Waals surface area contributed by atoms with Gasteiger partial charge in [-0.05, 0) is 30.5 Å². The van der Waals surface area contributed by atoms with Gasteiger partial charge in [0.2, 0.25) is 5.95 Å². The summed E-state index contributed by atoms with van der Waals surface area (Å²) in [6.07, 6.45) is -0.0901. The summed E-state index contributed by atoms with van der Waals surface area (Å²) in [5, 5.41) is 14.7. The molecular formula is C21H27Cl2N5O4. The van der Waals surface area contributed by atoms with Gasteiger partial charge in [0.1, 0.15) is 18.5 Å². The number of aliphatic hydroxyl groups excluding tert-OH is 1. The molecule has 0 amide bonds. The smallest absolute Gasteiger partial charge is 0.332 e. The van der Waals surface area contributed by atoms with Crippen molar-refractivity contribution < 1.29 is 9.84 Å². The second-order valence-electron chi connectivity index (χ2n) is 8.07. The first-order valence-corrected chi connectivity index (χ1v) is 11.0. The Bertz CT molecular complexity index is 1230. The van der Waals surface area contributed by atoms with E-state index in [9.17, 15) is 14.7 Å². The molecule has 0 aliphatic carbocycles. The fraction of sp³-hybridized carbons (Fsp3) is 0.476. The summed E-state index contributed by atoms with van der Waals surface area (Å²) in [7, 11) is 2.97. The monoisotopic (exact) mass is 483 g/mol. The highest BCUT2D eigenvalue weighted by atomic mass is 35.5. The van der Waals surface area contributed by atoms with Gasteiger partial charge < -0.3 is 19.7 Å². The van der Waals surface area contributed by atoms with Crippen LogP contribution < -0.4 is 21.3 Å². The maximum absolute atomic E-state index is 12.9. The number of aryl methyl sites for hydroxylation is 1. The van der Waals surface area contributed by atoms with Crippen LogP contribution in [0.15, 0.2) is 27.8 Å². The van der Waals surface area contributed by atoms with E-state index in [-0.39, 0.29) is 24.3 Å². The van der Waals surface area contributed by atoms with Gasteiger partial charge in [-0.1, -0.05) is 37.0 Å².